The van der Waals surface area contributed by atoms with Crippen LogP contribution in [0.1, 0.15) is 40.5 Å². The smallest absolute Gasteiger partial charge is 0.252 e. The molecule has 1 unspecified atom stereocenters. The highest BCUT2D eigenvalue weighted by atomic mass is 19.3. The molecule has 0 spiro atoms. The van der Waals surface area contributed by atoms with Crippen LogP contribution in [-0.2, 0) is 0 Å². The number of rotatable bonds is 2. The SMILES string of the molecule is CC(C)(C)[C@]1(C)CCN(CC2CC2(F)F)C1. The van der Waals surface area contributed by atoms with Crippen LogP contribution in [0.4, 0.5) is 8.78 Å². The molecule has 1 saturated heterocycles. The van der Waals surface area contributed by atoms with Gasteiger partial charge in [0.05, 0.1) is 0 Å². The standard InChI is InChI=1S/C13H23F2N/c1-11(2,3)12(4)5-6-16(9-12)8-10-7-13(10,14)15/h10H,5-9H2,1-4H3/t10?,12-/m1/s1. The minimum Gasteiger partial charge on any atom is -0.302 e. The van der Waals surface area contributed by atoms with E-state index in [1.54, 1.807) is 0 Å². The topological polar surface area (TPSA) is 3.24 Å². The third-order valence-corrected chi connectivity index (χ3v) is 4.80. The Morgan fingerprint density at radius 3 is 2.25 bits per heavy atom. The van der Waals surface area contributed by atoms with Crippen molar-refractivity contribution >= 4 is 0 Å². The highest BCUT2D eigenvalue weighted by molar-refractivity contribution is 5.00. The van der Waals surface area contributed by atoms with Gasteiger partial charge in [0, 0.05) is 25.4 Å². The summed E-state index contributed by atoms with van der Waals surface area (Å²) in [7, 11) is 0. The first-order chi connectivity index (χ1) is 7.14. The zero-order valence-electron chi connectivity index (χ0n) is 10.8. The van der Waals surface area contributed by atoms with Gasteiger partial charge in [-0.05, 0) is 23.8 Å². The predicted molar refractivity (Wildman–Crippen MR) is 61.7 cm³/mol. The van der Waals surface area contributed by atoms with E-state index in [-0.39, 0.29) is 23.2 Å². The quantitative estimate of drug-likeness (QED) is 0.704. The molecule has 1 heterocycles. The highest BCUT2D eigenvalue weighted by Crippen LogP contribution is 2.51. The number of likely N-dealkylation sites (tertiary alicyclic amines) is 1. The predicted octanol–water partition coefficient (Wildman–Crippen LogP) is 3.40. The van der Waals surface area contributed by atoms with Crippen LogP contribution in [0.25, 0.3) is 0 Å². The van der Waals surface area contributed by atoms with Gasteiger partial charge < -0.3 is 4.90 Å². The molecule has 1 aliphatic carbocycles. The minimum atomic E-state index is -2.36. The van der Waals surface area contributed by atoms with Crippen LogP contribution in [0.2, 0.25) is 0 Å². The molecule has 2 atom stereocenters. The molecule has 3 heteroatoms. The zero-order chi connectivity index (χ0) is 12.2. The number of halogens is 2. The molecule has 1 aliphatic heterocycles. The van der Waals surface area contributed by atoms with E-state index in [2.05, 4.69) is 32.6 Å². The molecule has 0 aromatic heterocycles. The Hall–Kier alpha value is -0.180. The van der Waals surface area contributed by atoms with E-state index in [0.717, 1.165) is 19.5 Å². The molecule has 1 saturated carbocycles. The van der Waals surface area contributed by atoms with Crippen LogP contribution in [0.5, 0.6) is 0 Å². The molecule has 94 valence electrons. The van der Waals surface area contributed by atoms with Gasteiger partial charge in [-0.15, -0.1) is 0 Å². The Labute approximate surface area is 97.2 Å². The molecule has 16 heavy (non-hydrogen) atoms. The summed E-state index contributed by atoms with van der Waals surface area (Å²) in [5.41, 5.74) is 0.533. The molecule has 2 aliphatic rings. The molecule has 2 rings (SSSR count). The summed E-state index contributed by atoms with van der Waals surface area (Å²) in [4.78, 5) is 2.23. The molecule has 0 amide bonds. The summed E-state index contributed by atoms with van der Waals surface area (Å²) in [5.74, 6) is -2.73. The maximum Gasteiger partial charge on any atom is 0.252 e. The molecule has 0 aromatic rings. The minimum absolute atomic E-state index is 0.107. The van der Waals surface area contributed by atoms with Crippen LogP contribution < -0.4 is 0 Å². The molecule has 2 fully saturated rings. The Morgan fingerprint density at radius 1 is 1.31 bits per heavy atom. The van der Waals surface area contributed by atoms with Crippen LogP contribution in [0.15, 0.2) is 0 Å². The van der Waals surface area contributed by atoms with Crippen LogP contribution in [0, 0.1) is 16.7 Å². The third-order valence-electron chi connectivity index (χ3n) is 4.80. The number of nitrogens with zero attached hydrogens (tertiary/aromatic N) is 1. The van der Waals surface area contributed by atoms with Crippen molar-refractivity contribution in [2.45, 2.75) is 46.5 Å². The molecular weight excluding hydrogens is 208 g/mol. The summed E-state index contributed by atoms with van der Waals surface area (Å²) in [5, 5.41) is 0. The van der Waals surface area contributed by atoms with E-state index < -0.39 is 5.92 Å². The van der Waals surface area contributed by atoms with Crippen molar-refractivity contribution in [2.24, 2.45) is 16.7 Å². The first kappa shape index (κ1) is 12.3. The molecule has 1 nitrogen and oxygen atoms in total. The van der Waals surface area contributed by atoms with Crippen molar-refractivity contribution in [3.63, 3.8) is 0 Å². The van der Waals surface area contributed by atoms with Crippen molar-refractivity contribution < 1.29 is 8.78 Å². The Balaban J connectivity index is 1.89. The average Bonchev–Trinajstić information content (AvgIpc) is 2.54. The maximum atomic E-state index is 12.8. The fourth-order valence-electron chi connectivity index (χ4n) is 2.60. The lowest BCUT2D eigenvalue weighted by Crippen LogP contribution is -2.36. The van der Waals surface area contributed by atoms with Crippen molar-refractivity contribution in [3.8, 4) is 0 Å². The lowest BCUT2D eigenvalue weighted by atomic mass is 9.67. The lowest BCUT2D eigenvalue weighted by Gasteiger charge is -2.38. The maximum absolute atomic E-state index is 12.8. The van der Waals surface area contributed by atoms with Crippen LogP contribution in [0.3, 0.4) is 0 Å². The Bertz CT molecular complexity index is 282. The van der Waals surface area contributed by atoms with Crippen LogP contribution >= 0.6 is 0 Å². The average molecular weight is 231 g/mol. The number of hydrogen-bond acceptors (Lipinski definition) is 1. The molecule has 0 radical (unpaired) electrons. The van der Waals surface area contributed by atoms with Gasteiger partial charge in [-0.3, -0.25) is 0 Å². The van der Waals surface area contributed by atoms with Crippen molar-refractivity contribution in [2.75, 3.05) is 19.6 Å². The van der Waals surface area contributed by atoms with E-state index in [4.69, 9.17) is 0 Å². The molecular formula is C13H23F2N. The first-order valence-corrected chi connectivity index (χ1v) is 6.24. The summed E-state index contributed by atoms with van der Waals surface area (Å²) in [6.07, 6.45) is 1.24. The molecule has 0 bridgehead atoms. The second kappa shape index (κ2) is 3.41. The number of hydrogen-bond donors (Lipinski definition) is 0. The van der Waals surface area contributed by atoms with Crippen molar-refractivity contribution in [3.05, 3.63) is 0 Å². The monoisotopic (exact) mass is 231 g/mol. The Morgan fingerprint density at radius 2 is 1.88 bits per heavy atom. The van der Waals surface area contributed by atoms with Gasteiger partial charge in [-0.25, -0.2) is 8.78 Å². The molecule has 0 N–H and O–H groups in total. The largest absolute Gasteiger partial charge is 0.302 e. The van der Waals surface area contributed by atoms with Gasteiger partial charge in [0.1, 0.15) is 0 Å². The normalized spacial score (nSPS) is 39.0. The van der Waals surface area contributed by atoms with E-state index in [9.17, 15) is 8.78 Å². The highest BCUT2D eigenvalue weighted by Gasteiger charge is 2.57. The zero-order valence-corrected chi connectivity index (χ0v) is 10.8. The van der Waals surface area contributed by atoms with Crippen molar-refractivity contribution in [1.29, 1.82) is 0 Å². The molecule has 0 aromatic carbocycles. The van der Waals surface area contributed by atoms with E-state index in [0.29, 0.717) is 6.54 Å². The van der Waals surface area contributed by atoms with E-state index >= 15 is 0 Å². The van der Waals surface area contributed by atoms with Gasteiger partial charge >= 0.3 is 0 Å². The summed E-state index contributed by atoms with van der Waals surface area (Å²) >= 11 is 0. The van der Waals surface area contributed by atoms with Crippen LogP contribution in [-0.4, -0.2) is 30.5 Å². The fraction of sp³-hybridized carbons (Fsp3) is 1.00. The lowest BCUT2D eigenvalue weighted by molar-refractivity contribution is 0.0817. The number of alkyl halides is 2. The van der Waals surface area contributed by atoms with Gasteiger partial charge in [-0.1, -0.05) is 27.7 Å². The summed E-state index contributed by atoms with van der Waals surface area (Å²) < 4.78 is 25.7. The first-order valence-electron chi connectivity index (χ1n) is 6.24. The third kappa shape index (κ3) is 2.11. The van der Waals surface area contributed by atoms with Gasteiger partial charge in [-0.2, -0.15) is 0 Å². The van der Waals surface area contributed by atoms with Crippen molar-refractivity contribution in [1.82, 2.24) is 4.90 Å². The summed E-state index contributed by atoms with van der Waals surface area (Å²) in [6, 6.07) is 0. The van der Waals surface area contributed by atoms with Gasteiger partial charge in [0.15, 0.2) is 0 Å². The van der Waals surface area contributed by atoms with Gasteiger partial charge in [0.2, 0.25) is 0 Å². The Kier molecular flexibility index (Phi) is 2.62. The fourth-order valence-corrected chi connectivity index (χ4v) is 2.60. The van der Waals surface area contributed by atoms with Gasteiger partial charge in [0.25, 0.3) is 5.92 Å². The summed E-state index contributed by atoms with van der Waals surface area (Å²) in [6.45, 7) is 11.6. The van der Waals surface area contributed by atoms with E-state index in [1.165, 1.54) is 0 Å². The second-order valence-corrected chi connectivity index (χ2v) is 6.96. The second-order valence-electron chi connectivity index (χ2n) is 6.96. The van der Waals surface area contributed by atoms with E-state index in [1.807, 2.05) is 0 Å².